The van der Waals surface area contributed by atoms with Crippen molar-refractivity contribution in [1.82, 2.24) is 5.09 Å². The number of nitrogens with one attached hydrogen (secondary N) is 2. The molecule has 0 aliphatic rings. The summed E-state index contributed by atoms with van der Waals surface area (Å²) in [6.45, 7) is 6.94. The van der Waals surface area contributed by atoms with E-state index >= 15 is 0 Å². The molecule has 0 bridgehead atoms. The van der Waals surface area contributed by atoms with Crippen LogP contribution in [-0.2, 0) is 11.1 Å². The second-order valence-electron chi connectivity index (χ2n) is 3.03. The average Bonchev–Trinajstić information content (AvgIpc) is 2.34. The van der Waals surface area contributed by atoms with Crippen LogP contribution in [0.15, 0.2) is 36.7 Å². The summed E-state index contributed by atoms with van der Waals surface area (Å²) in [4.78, 5) is 0. The molecule has 1 atom stereocenters. The number of benzene rings is 1. The molecular weight excluding hydrogens is 223 g/mol. The summed E-state index contributed by atoms with van der Waals surface area (Å²) in [6.07, 6.45) is 0. The van der Waals surface area contributed by atoms with Crippen LogP contribution in [0.2, 0.25) is 0 Å². The van der Waals surface area contributed by atoms with Crippen LogP contribution in [0.5, 0.6) is 0 Å². The van der Waals surface area contributed by atoms with Crippen molar-refractivity contribution < 1.29 is 9.73 Å². The Kier molecular flexibility index (Phi) is 6.04. The highest BCUT2D eigenvalue weighted by Crippen LogP contribution is 2.33. The summed E-state index contributed by atoms with van der Waals surface area (Å²) in [7, 11) is -0.795. The molecule has 0 aliphatic heterocycles. The highest BCUT2D eigenvalue weighted by atomic mass is 31.2. The first-order chi connectivity index (χ1) is 7.81. The Balaban J connectivity index is 2.55. The van der Waals surface area contributed by atoms with E-state index in [0.29, 0.717) is 18.8 Å². The van der Waals surface area contributed by atoms with Gasteiger partial charge >= 0.3 is 0 Å². The molecule has 1 aromatic rings. The van der Waals surface area contributed by atoms with Crippen LogP contribution in [0.4, 0.5) is 5.69 Å². The van der Waals surface area contributed by atoms with Gasteiger partial charge in [-0.1, -0.05) is 24.8 Å². The zero-order chi connectivity index (χ0) is 11.8. The second-order valence-corrected chi connectivity index (χ2v) is 4.62. The molecule has 1 unspecified atom stereocenters. The molecule has 3 N–H and O–H groups in total. The van der Waals surface area contributed by atoms with Gasteiger partial charge in [-0.3, -0.25) is 15.8 Å². The minimum absolute atomic E-state index is 0.626. The predicted molar refractivity (Wildman–Crippen MR) is 67.4 cm³/mol. The molecule has 5 heteroatoms. The highest BCUT2D eigenvalue weighted by Gasteiger charge is 2.05. The molecule has 88 valence electrons. The Labute approximate surface area is 97.2 Å². The van der Waals surface area contributed by atoms with Crippen molar-refractivity contribution in [2.75, 3.05) is 12.1 Å². The number of hydrogen-bond donors (Lipinski definition) is 3. The van der Waals surface area contributed by atoms with E-state index in [-0.39, 0.29) is 0 Å². The van der Waals surface area contributed by atoms with Crippen molar-refractivity contribution in [3.05, 3.63) is 42.2 Å². The van der Waals surface area contributed by atoms with Gasteiger partial charge in [-0.25, -0.2) is 0 Å². The van der Waals surface area contributed by atoms with Gasteiger partial charge < -0.3 is 4.52 Å². The molecule has 1 rings (SSSR count). The Bertz CT molecular complexity index is 334. The maximum absolute atomic E-state index is 8.92. The number of hydrogen-bond acceptors (Lipinski definition) is 4. The van der Waals surface area contributed by atoms with Gasteiger partial charge in [0.25, 0.3) is 0 Å². The third-order valence-electron chi connectivity index (χ3n) is 2.00. The molecule has 0 radical (unpaired) electrons. The normalized spacial score (nSPS) is 12.1. The number of anilines is 1. The molecule has 0 spiro atoms. The summed E-state index contributed by atoms with van der Waals surface area (Å²) in [5.41, 5.74) is 3.85. The lowest BCUT2D eigenvalue weighted by molar-refractivity contribution is 0.375. The molecule has 4 nitrogen and oxygen atoms in total. The zero-order valence-corrected chi connectivity index (χ0v) is 10.2. The smallest absolute Gasteiger partial charge is 0.126 e. The maximum atomic E-state index is 8.92. The molecule has 0 aliphatic carbocycles. The SMILES string of the molecule is C=CP(NCc1ccccc1NO)OCC. The van der Waals surface area contributed by atoms with Gasteiger partial charge in [-0.2, -0.15) is 0 Å². The minimum atomic E-state index is -0.795. The summed E-state index contributed by atoms with van der Waals surface area (Å²) < 4.78 is 5.44. The Hall–Kier alpha value is -0.930. The summed E-state index contributed by atoms with van der Waals surface area (Å²) in [6, 6.07) is 7.54. The van der Waals surface area contributed by atoms with Gasteiger partial charge in [0.05, 0.1) is 5.69 Å². The van der Waals surface area contributed by atoms with E-state index in [4.69, 9.17) is 9.73 Å². The van der Waals surface area contributed by atoms with Crippen LogP contribution in [-0.4, -0.2) is 11.8 Å². The Morgan fingerprint density at radius 2 is 2.25 bits per heavy atom. The van der Waals surface area contributed by atoms with E-state index in [9.17, 15) is 0 Å². The molecule has 0 saturated heterocycles. The third-order valence-corrected chi connectivity index (χ3v) is 3.33. The standard InChI is InChI=1S/C11H17N2O2P/c1-3-15-16(4-2)12-9-10-7-5-6-8-11(10)13-14/h4-8,12-14H,2-3,9H2,1H3. The van der Waals surface area contributed by atoms with E-state index in [1.807, 2.05) is 31.2 Å². The zero-order valence-electron chi connectivity index (χ0n) is 9.31. The van der Waals surface area contributed by atoms with Gasteiger partial charge in [0.15, 0.2) is 0 Å². The van der Waals surface area contributed by atoms with E-state index in [1.165, 1.54) is 0 Å². The molecule has 1 aromatic carbocycles. The summed E-state index contributed by atoms with van der Waals surface area (Å²) in [5.74, 6) is 1.77. The molecular formula is C11H17N2O2P. The quantitative estimate of drug-likeness (QED) is 0.506. The van der Waals surface area contributed by atoms with E-state index in [2.05, 4.69) is 17.1 Å². The fourth-order valence-corrected chi connectivity index (χ4v) is 2.18. The fraction of sp³-hybridized carbons (Fsp3) is 0.273. The first-order valence-electron chi connectivity index (χ1n) is 5.08. The third kappa shape index (κ3) is 3.91. The monoisotopic (exact) mass is 240 g/mol. The van der Waals surface area contributed by atoms with Crippen molar-refractivity contribution in [3.63, 3.8) is 0 Å². The van der Waals surface area contributed by atoms with Gasteiger partial charge in [0, 0.05) is 13.2 Å². The van der Waals surface area contributed by atoms with Crippen LogP contribution < -0.4 is 10.6 Å². The van der Waals surface area contributed by atoms with Crippen molar-refractivity contribution in [2.45, 2.75) is 13.5 Å². The highest BCUT2D eigenvalue weighted by molar-refractivity contribution is 7.53. The van der Waals surface area contributed by atoms with Crippen LogP contribution >= 0.6 is 8.30 Å². The van der Waals surface area contributed by atoms with Crippen molar-refractivity contribution in [2.24, 2.45) is 0 Å². The lowest BCUT2D eigenvalue weighted by atomic mass is 10.2. The van der Waals surface area contributed by atoms with Gasteiger partial charge in [0.2, 0.25) is 0 Å². The van der Waals surface area contributed by atoms with Gasteiger partial charge in [-0.15, -0.1) is 0 Å². The van der Waals surface area contributed by atoms with E-state index in [1.54, 1.807) is 5.82 Å². The Morgan fingerprint density at radius 3 is 2.88 bits per heavy atom. The molecule has 0 saturated carbocycles. The van der Waals surface area contributed by atoms with Crippen LogP contribution in [0.1, 0.15) is 12.5 Å². The first-order valence-corrected chi connectivity index (χ1v) is 6.41. The summed E-state index contributed by atoms with van der Waals surface area (Å²) in [5, 5.41) is 12.2. The predicted octanol–water partition coefficient (Wildman–Crippen LogP) is 3.07. The molecule has 0 amide bonds. The molecule has 0 fully saturated rings. The fourth-order valence-electron chi connectivity index (χ4n) is 1.25. The lowest BCUT2D eigenvalue weighted by Crippen LogP contribution is -2.09. The van der Waals surface area contributed by atoms with Gasteiger partial charge in [0.1, 0.15) is 8.30 Å². The molecule has 0 aromatic heterocycles. The molecule has 16 heavy (non-hydrogen) atoms. The van der Waals surface area contributed by atoms with Crippen LogP contribution in [0.3, 0.4) is 0 Å². The van der Waals surface area contributed by atoms with Crippen molar-refractivity contribution >= 4 is 14.0 Å². The Morgan fingerprint density at radius 1 is 1.50 bits per heavy atom. The minimum Gasteiger partial charge on any atom is -0.341 e. The van der Waals surface area contributed by atoms with E-state index < -0.39 is 8.30 Å². The van der Waals surface area contributed by atoms with Crippen LogP contribution in [0, 0.1) is 0 Å². The summed E-state index contributed by atoms with van der Waals surface area (Å²) >= 11 is 0. The van der Waals surface area contributed by atoms with Gasteiger partial charge in [-0.05, 0) is 24.4 Å². The topological polar surface area (TPSA) is 53.5 Å². The number of rotatable bonds is 7. The average molecular weight is 240 g/mol. The van der Waals surface area contributed by atoms with Crippen molar-refractivity contribution in [3.8, 4) is 0 Å². The largest absolute Gasteiger partial charge is 0.341 e. The van der Waals surface area contributed by atoms with Crippen LogP contribution in [0.25, 0.3) is 0 Å². The first kappa shape index (κ1) is 13.1. The second kappa shape index (κ2) is 7.36. The maximum Gasteiger partial charge on any atom is 0.126 e. The lowest BCUT2D eigenvalue weighted by Gasteiger charge is -2.15. The molecule has 0 heterocycles. The van der Waals surface area contributed by atoms with E-state index in [0.717, 1.165) is 5.56 Å². The van der Waals surface area contributed by atoms with Crippen molar-refractivity contribution in [1.29, 1.82) is 0 Å². The number of para-hydroxylation sites is 1.